The molecule has 0 radical (unpaired) electrons. The molecule has 29 heavy (non-hydrogen) atoms. The molecule has 0 aliphatic carbocycles. The summed E-state index contributed by atoms with van der Waals surface area (Å²) in [7, 11) is -8.48. The van der Waals surface area contributed by atoms with Crippen LogP contribution in [0.5, 0.6) is 0 Å². The quantitative estimate of drug-likeness (QED) is 0.474. The standard InChI is InChI=1S/C21H16O6S2/c22-28(23,24)20-7-5-16-10-14(1-3-18(16)12-20)9-15-2-4-19-13-21(29(25,26)27)8-6-17(19)11-15/h1-8,10-13H,9H2,(H,22,23,24)(H,25,26,27). The first-order valence-corrected chi connectivity index (χ1v) is 11.5. The summed E-state index contributed by atoms with van der Waals surface area (Å²) < 4.78 is 63.4. The first-order chi connectivity index (χ1) is 13.6. The summed E-state index contributed by atoms with van der Waals surface area (Å²) in [6.07, 6.45) is 0.631. The average Bonchev–Trinajstić information content (AvgIpc) is 2.65. The molecule has 0 aliphatic rings. The molecule has 0 aromatic heterocycles. The van der Waals surface area contributed by atoms with Gasteiger partial charge in [0.05, 0.1) is 9.79 Å². The first kappa shape index (κ1) is 19.5. The van der Waals surface area contributed by atoms with E-state index in [0.717, 1.165) is 21.9 Å². The van der Waals surface area contributed by atoms with Gasteiger partial charge in [0.2, 0.25) is 0 Å². The fourth-order valence-corrected chi connectivity index (χ4v) is 4.35. The fraction of sp³-hybridized carbons (Fsp3) is 0.0476. The summed E-state index contributed by atoms with van der Waals surface area (Å²) in [6, 6.07) is 20.2. The van der Waals surface area contributed by atoms with Gasteiger partial charge in [-0.1, -0.05) is 48.5 Å². The lowest BCUT2D eigenvalue weighted by Gasteiger charge is -2.07. The van der Waals surface area contributed by atoms with Crippen LogP contribution >= 0.6 is 0 Å². The molecule has 6 nitrogen and oxygen atoms in total. The Balaban J connectivity index is 1.66. The van der Waals surface area contributed by atoms with Gasteiger partial charge in [0.25, 0.3) is 20.2 Å². The van der Waals surface area contributed by atoms with Gasteiger partial charge in [0.1, 0.15) is 0 Å². The zero-order chi connectivity index (χ0) is 20.8. The van der Waals surface area contributed by atoms with E-state index in [4.69, 9.17) is 0 Å². The van der Waals surface area contributed by atoms with E-state index in [1.165, 1.54) is 24.3 Å². The van der Waals surface area contributed by atoms with Gasteiger partial charge >= 0.3 is 0 Å². The molecule has 0 saturated heterocycles. The van der Waals surface area contributed by atoms with Crippen molar-refractivity contribution in [2.24, 2.45) is 0 Å². The van der Waals surface area contributed by atoms with Crippen molar-refractivity contribution in [1.82, 2.24) is 0 Å². The van der Waals surface area contributed by atoms with E-state index < -0.39 is 20.2 Å². The lowest BCUT2D eigenvalue weighted by atomic mass is 9.99. The highest BCUT2D eigenvalue weighted by Gasteiger charge is 2.11. The van der Waals surface area contributed by atoms with E-state index in [9.17, 15) is 25.9 Å². The van der Waals surface area contributed by atoms with Crippen molar-refractivity contribution in [3.8, 4) is 0 Å². The highest BCUT2D eigenvalue weighted by Crippen LogP contribution is 2.24. The fourth-order valence-electron chi connectivity index (χ4n) is 3.32. The molecule has 0 bridgehead atoms. The summed E-state index contributed by atoms with van der Waals surface area (Å²) in [5.41, 5.74) is 2.04. The van der Waals surface area contributed by atoms with Crippen molar-refractivity contribution < 1.29 is 25.9 Å². The van der Waals surface area contributed by atoms with E-state index in [-0.39, 0.29) is 9.79 Å². The second-order valence-corrected chi connectivity index (χ2v) is 9.66. The number of hydrogen-bond donors (Lipinski definition) is 2. The van der Waals surface area contributed by atoms with Crippen molar-refractivity contribution in [3.05, 3.63) is 83.9 Å². The third-order valence-corrected chi connectivity index (χ3v) is 6.46. The van der Waals surface area contributed by atoms with Crippen molar-refractivity contribution in [1.29, 1.82) is 0 Å². The van der Waals surface area contributed by atoms with Gasteiger partial charge in [-0.15, -0.1) is 0 Å². The van der Waals surface area contributed by atoms with E-state index in [1.54, 1.807) is 24.3 Å². The van der Waals surface area contributed by atoms with Crippen LogP contribution in [-0.4, -0.2) is 25.9 Å². The minimum Gasteiger partial charge on any atom is -0.282 e. The van der Waals surface area contributed by atoms with Crippen molar-refractivity contribution in [3.63, 3.8) is 0 Å². The second-order valence-electron chi connectivity index (χ2n) is 6.81. The molecule has 0 unspecified atom stereocenters. The average molecular weight is 428 g/mol. The Bertz CT molecular complexity index is 1360. The SMILES string of the molecule is O=S(=O)(O)c1ccc2cc(Cc3ccc4cc(S(=O)(=O)O)ccc4c3)ccc2c1. The lowest BCUT2D eigenvalue weighted by Crippen LogP contribution is -1.98. The van der Waals surface area contributed by atoms with E-state index >= 15 is 0 Å². The third-order valence-electron chi connectivity index (χ3n) is 4.76. The minimum atomic E-state index is -4.24. The number of fused-ring (bicyclic) bond motifs is 2. The number of rotatable bonds is 4. The predicted molar refractivity (Wildman–Crippen MR) is 110 cm³/mol. The van der Waals surface area contributed by atoms with E-state index in [2.05, 4.69) is 0 Å². The monoisotopic (exact) mass is 428 g/mol. The summed E-state index contributed by atoms with van der Waals surface area (Å²) >= 11 is 0. The van der Waals surface area contributed by atoms with Crippen molar-refractivity contribution in [2.45, 2.75) is 16.2 Å². The van der Waals surface area contributed by atoms with Gasteiger partial charge in [-0.25, -0.2) is 0 Å². The van der Waals surface area contributed by atoms with Crippen LogP contribution in [-0.2, 0) is 26.7 Å². The van der Waals surface area contributed by atoms with Crippen LogP contribution in [0.3, 0.4) is 0 Å². The summed E-state index contributed by atoms with van der Waals surface area (Å²) in [5.74, 6) is 0. The largest absolute Gasteiger partial charge is 0.294 e. The highest BCUT2D eigenvalue weighted by atomic mass is 32.2. The van der Waals surface area contributed by atoms with Crippen LogP contribution in [0.1, 0.15) is 11.1 Å². The zero-order valence-corrected chi connectivity index (χ0v) is 16.6. The van der Waals surface area contributed by atoms with Crippen molar-refractivity contribution >= 4 is 41.8 Å². The van der Waals surface area contributed by atoms with Crippen LogP contribution in [0.25, 0.3) is 21.5 Å². The Hall–Kier alpha value is -2.78. The van der Waals surface area contributed by atoms with Gasteiger partial charge in [-0.05, 0) is 63.4 Å². The third kappa shape index (κ3) is 4.15. The van der Waals surface area contributed by atoms with Gasteiger partial charge in [-0.2, -0.15) is 16.8 Å². The molecule has 0 atom stereocenters. The van der Waals surface area contributed by atoms with Crippen molar-refractivity contribution in [2.75, 3.05) is 0 Å². The number of benzene rings is 4. The molecule has 0 aliphatic heterocycles. The summed E-state index contributed by atoms with van der Waals surface area (Å²) in [4.78, 5) is -0.284. The minimum absolute atomic E-state index is 0.142. The van der Waals surface area contributed by atoms with Gasteiger partial charge in [0, 0.05) is 0 Å². The molecule has 0 heterocycles. The molecule has 0 saturated carbocycles. The first-order valence-electron chi connectivity index (χ1n) is 8.60. The maximum absolute atomic E-state index is 11.3. The van der Waals surface area contributed by atoms with Crippen LogP contribution < -0.4 is 0 Å². The Morgan fingerprint density at radius 3 is 1.24 bits per heavy atom. The Kier molecular flexibility index (Phi) is 4.66. The summed E-state index contributed by atoms with van der Waals surface area (Å²) in [6.45, 7) is 0. The molecule has 2 N–H and O–H groups in total. The molecule has 4 rings (SSSR count). The van der Waals surface area contributed by atoms with E-state index in [1.807, 2.05) is 24.3 Å². The topological polar surface area (TPSA) is 109 Å². The Morgan fingerprint density at radius 2 is 0.862 bits per heavy atom. The molecule has 0 amide bonds. The van der Waals surface area contributed by atoms with Gasteiger partial charge in [0.15, 0.2) is 0 Å². The maximum Gasteiger partial charge on any atom is 0.294 e. The predicted octanol–water partition coefficient (Wildman–Crippen LogP) is 4.08. The highest BCUT2D eigenvalue weighted by molar-refractivity contribution is 7.86. The van der Waals surface area contributed by atoms with Crippen LogP contribution in [0, 0.1) is 0 Å². The van der Waals surface area contributed by atoms with Gasteiger partial charge in [-0.3, -0.25) is 9.11 Å². The normalized spacial score (nSPS) is 12.5. The van der Waals surface area contributed by atoms with Crippen LogP contribution in [0.15, 0.2) is 82.6 Å². The maximum atomic E-state index is 11.3. The van der Waals surface area contributed by atoms with Crippen LogP contribution in [0.2, 0.25) is 0 Å². The zero-order valence-electron chi connectivity index (χ0n) is 15.0. The van der Waals surface area contributed by atoms with Gasteiger partial charge < -0.3 is 0 Å². The molecule has 8 heteroatoms. The Labute approximate surface area is 167 Å². The molecular formula is C21H16O6S2. The lowest BCUT2D eigenvalue weighted by molar-refractivity contribution is 0.481. The summed E-state index contributed by atoms with van der Waals surface area (Å²) in [5, 5.41) is 3.13. The Morgan fingerprint density at radius 1 is 0.517 bits per heavy atom. The van der Waals surface area contributed by atoms with Crippen LogP contribution in [0.4, 0.5) is 0 Å². The molecule has 4 aromatic carbocycles. The number of hydrogen-bond acceptors (Lipinski definition) is 4. The smallest absolute Gasteiger partial charge is 0.282 e. The molecular weight excluding hydrogens is 412 g/mol. The van der Waals surface area contributed by atoms with E-state index in [0.29, 0.717) is 17.2 Å². The second kappa shape index (κ2) is 6.93. The molecule has 0 spiro atoms. The molecule has 0 fully saturated rings. The molecule has 4 aromatic rings. The molecule has 148 valence electrons.